The number of hydrogen-bond donors (Lipinski definition) is 9. The molecule has 0 saturated carbocycles. The van der Waals surface area contributed by atoms with Crippen molar-refractivity contribution >= 4 is 66.0 Å². The van der Waals surface area contributed by atoms with Gasteiger partial charge in [0.2, 0.25) is 35.4 Å². The number of carboxylic acids is 3. The molecule has 0 radical (unpaired) electrons. The highest BCUT2D eigenvalue weighted by atomic mass is 32.1. The maximum absolute atomic E-state index is 13.7. The minimum Gasteiger partial charge on any atom is -0.481 e. The van der Waals surface area contributed by atoms with Crippen molar-refractivity contribution in [3.63, 3.8) is 0 Å². The van der Waals surface area contributed by atoms with Gasteiger partial charge >= 0.3 is 17.9 Å². The number of aliphatic carboxylic acids is 3. The highest BCUT2D eigenvalue weighted by Crippen LogP contribution is 2.21. The SMILES string of the molecule is CCC(C)C(NC(=O)C(CC(=O)O)NC(=O)C(CC(=O)O)NC(C)=O)C(=O)NC(C(=O)N1CCCC1C(=O)NC(CS)C(=O)O)C(C)C. The van der Waals surface area contributed by atoms with Crippen LogP contribution in [0.25, 0.3) is 0 Å². The summed E-state index contributed by atoms with van der Waals surface area (Å²) in [5, 5.41) is 39.5. The van der Waals surface area contributed by atoms with Crippen LogP contribution in [0.15, 0.2) is 0 Å². The summed E-state index contributed by atoms with van der Waals surface area (Å²) in [6.45, 7) is 7.82. The van der Waals surface area contributed by atoms with E-state index >= 15 is 0 Å². The van der Waals surface area contributed by atoms with Crippen molar-refractivity contribution in [3.05, 3.63) is 0 Å². The Hall–Kier alpha value is -4.42. The minimum atomic E-state index is -1.78. The van der Waals surface area contributed by atoms with Crippen molar-refractivity contribution in [3.8, 4) is 0 Å². The number of likely N-dealkylation sites (tertiary alicyclic amines) is 1. The highest BCUT2D eigenvalue weighted by Gasteiger charge is 2.41. The first-order valence-electron chi connectivity index (χ1n) is 15.4. The second-order valence-electron chi connectivity index (χ2n) is 11.9. The van der Waals surface area contributed by atoms with Crippen LogP contribution in [-0.2, 0) is 43.2 Å². The average Bonchev–Trinajstić information content (AvgIpc) is 3.48. The average molecular weight is 703 g/mol. The third kappa shape index (κ3) is 12.6. The van der Waals surface area contributed by atoms with E-state index in [1.807, 2.05) is 0 Å². The maximum Gasteiger partial charge on any atom is 0.327 e. The molecule has 8 N–H and O–H groups in total. The molecule has 0 aromatic carbocycles. The van der Waals surface area contributed by atoms with Crippen LogP contribution in [0.1, 0.15) is 66.7 Å². The van der Waals surface area contributed by atoms with Crippen molar-refractivity contribution in [2.24, 2.45) is 11.8 Å². The van der Waals surface area contributed by atoms with Gasteiger partial charge in [-0.1, -0.05) is 34.1 Å². The van der Waals surface area contributed by atoms with E-state index in [1.165, 1.54) is 4.90 Å². The smallest absolute Gasteiger partial charge is 0.327 e. The van der Waals surface area contributed by atoms with Gasteiger partial charge in [0.15, 0.2) is 0 Å². The van der Waals surface area contributed by atoms with Crippen LogP contribution in [0.2, 0.25) is 0 Å². The highest BCUT2D eigenvalue weighted by molar-refractivity contribution is 7.80. The second kappa shape index (κ2) is 19.4. The predicted octanol–water partition coefficient (Wildman–Crippen LogP) is -1.91. The summed E-state index contributed by atoms with van der Waals surface area (Å²) in [7, 11) is 0. The van der Waals surface area contributed by atoms with Gasteiger partial charge in [-0.15, -0.1) is 0 Å². The molecule has 19 heteroatoms. The van der Waals surface area contributed by atoms with Gasteiger partial charge < -0.3 is 46.8 Å². The Balaban J connectivity index is 3.23. The molecule has 0 spiro atoms. The van der Waals surface area contributed by atoms with Crippen LogP contribution in [-0.4, -0.2) is 122 Å². The van der Waals surface area contributed by atoms with E-state index in [4.69, 9.17) is 5.11 Å². The predicted molar refractivity (Wildman–Crippen MR) is 170 cm³/mol. The van der Waals surface area contributed by atoms with E-state index < -0.39 is 114 Å². The molecule has 1 aliphatic heterocycles. The van der Waals surface area contributed by atoms with Gasteiger partial charge in [0, 0.05) is 19.2 Å². The lowest BCUT2D eigenvalue weighted by Gasteiger charge is -2.33. The zero-order valence-electron chi connectivity index (χ0n) is 27.5. The van der Waals surface area contributed by atoms with Gasteiger partial charge in [0.1, 0.15) is 36.3 Å². The number of carbonyl (C=O) groups is 9. The molecule has 0 aliphatic carbocycles. The Labute approximate surface area is 282 Å². The number of nitrogens with zero attached hydrogens (tertiary/aromatic N) is 1. The monoisotopic (exact) mass is 702 g/mol. The van der Waals surface area contributed by atoms with E-state index in [1.54, 1.807) is 27.7 Å². The molecule has 1 fully saturated rings. The fourth-order valence-electron chi connectivity index (χ4n) is 4.93. The van der Waals surface area contributed by atoms with Crippen molar-refractivity contribution in [1.29, 1.82) is 0 Å². The molecule has 0 aromatic heterocycles. The van der Waals surface area contributed by atoms with Crippen molar-refractivity contribution in [1.82, 2.24) is 31.5 Å². The van der Waals surface area contributed by atoms with E-state index in [0.717, 1.165) is 6.92 Å². The molecular weight excluding hydrogens is 656 g/mol. The Morgan fingerprint density at radius 3 is 1.73 bits per heavy atom. The molecule has 48 heavy (non-hydrogen) atoms. The Kier molecular flexibility index (Phi) is 16.8. The normalized spacial score (nSPS) is 17.9. The van der Waals surface area contributed by atoms with Crippen LogP contribution in [0.4, 0.5) is 0 Å². The van der Waals surface area contributed by atoms with Crippen LogP contribution >= 0.6 is 12.6 Å². The number of hydrogen-bond acceptors (Lipinski definition) is 10. The molecule has 1 aliphatic rings. The van der Waals surface area contributed by atoms with Crippen molar-refractivity contribution < 1.29 is 58.5 Å². The molecule has 0 aromatic rings. The van der Waals surface area contributed by atoms with Gasteiger partial charge in [0.25, 0.3) is 0 Å². The zero-order chi connectivity index (χ0) is 36.9. The summed E-state index contributed by atoms with van der Waals surface area (Å²) < 4.78 is 0. The van der Waals surface area contributed by atoms with Gasteiger partial charge in [-0.25, -0.2) is 4.79 Å². The van der Waals surface area contributed by atoms with Crippen LogP contribution in [0.5, 0.6) is 0 Å². The standard InChI is InChI=1S/C29H46N6O12S/c1-6-14(4)23(34-25(42)17(11-21(39)40)31-24(41)16(10-20(37)38)30-15(5)36)27(44)33-22(13(2)3)28(45)35-9-7-8-19(35)26(43)32-18(12-48)29(46)47/h13-14,16-19,22-23,48H,6-12H2,1-5H3,(H,30,36)(H,31,41)(H,32,43)(H,33,44)(H,34,42)(H,37,38)(H,39,40)(H,46,47). The number of nitrogens with one attached hydrogen (secondary N) is 5. The van der Waals surface area contributed by atoms with Crippen molar-refractivity contribution in [2.75, 3.05) is 12.3 Å². The fourth-order valence-corrected chi connectivity index (χ4v) is 5.18. The van der Waals surface area contributed by atoms with Crippen LogP contribution < -0.4 is 26.6 Å². The first-order chi connectivity index (χ1) is 22.3. The second-order valence-corrected chi connectivity index (χ2v) is 12.2. The van der Waals surface area contributed by atoms with Gasteiger partial charge in [-0.3, -0.25) is 38.4 Å². The summed E-state index contributed by atoms with van der Waals surface area (Å²) >= 11 is 3.94. The lowest BCUT2D eigenvalue weighted by atomic mass is 9.95. The molecule has 7 atom stereocenters. The summed E-state index contributed by atoms with van der Waals surface area (Å²) in [5.74, 6) is -10.6. The first-order valence-corrected chi connectivity index (χ1v) is 16.0. The van der Waals surface area contributed by atoms with Crippen LogP contribution in [0, 0.1) is 11.8 Å². The topological polar surface area (TPSA) is 278 Å². The third-order valence-corrected chi connectivity index (χ3v) is 8.11. The maximum atomic E-state index is 13.7. The molecule has 1 saturated heterocycles. The van der Waals surface area contributed by atoms with Gasteiger partial charge in [-0.05, 0) is 24.7 Å². The number of carbonyl (C=O) groups excluding carboxylic acids is 6. The zero-order valence-corrected chi connectivity index (χ0v) is 28.4. The quantitative estimate of drug-likeness (QED) is 0.0667. The fraction of sp³-hybridized carbons (Fsp3) is 0.690. The van der Waals surface area contributed by atoms with Crippen LogP contribution in [0.3, 0.4) is 0 Å². The number of rotatable bonds is 19. The molecule has 6 amide bonds. The molecular formula is C29H46N6O12S. The molecule has 270 valence electrons. The number of carboxylic acid groups (broad SMARTS) is 3. The lowest BCUT2D eigenvalue weighted by molar-refractivity contribution is -0.145. The molecule has 7 unspecified atom stereocenters. The summed E-state index contributed by atoms with van der Waals surface area (Å²) in [6, 6.07) is -8.19. The summed E-state index contributed by atoms with van der Waals surface area (Å²) in [4.78, 5) is 113. The van der Waals surface area contributed by atoms with Gasteiger partial charge in [0.05, 0.1) is 12.8 Å². The molecule has 1 heterocycles. The van der Waals surface area contributed by atoms with E-state index in [2.05, 4.69) is 39.2 Å². The Bertz CT molecular complexity index is 1230. The van der Waals surface area contributed by atoms with E-state index in [-0.39, 0.29) is 18.7 Å². The molecule has 18 nitrogen and oxygen atoms in total. The number of amides is 6. The van der Waals surface area contributed by atoms with E-state index in [0.29, 0.717) is 12.8 Å². The Morgan fingerprint density at radius 2 is 1.27 bits per heavy atom. The largest absolute Gasteiger partial charge is 0.481 e. The molecule has 1 rings (SSSR count). The van der Waals surface area contributed by atoms with Gasteiger partial charge in [-0.2, -0.15) is 12.6 Å². The van der Waals surface area contributed by atoms with E-state index in [9.17, 15) is 53.4 Å². The lowest BCUT2D eigenvalue weighted by Crippen LogP contribution is -2.61. The van der Waals surface area contributed by atoms with Crippen molar-refractivity contribution in [2.45, 2.75) is 103 Å². The molecule has 0 bridgehead atoms. The third-order valence-electron chi connectivity index (χ3n) is 7.74. The minimum absolute atomic E-state index is 0.165. The summed E-state index contributed by atoms with van der Waals surface area (Å²) in [5.41, 5.74) is 0. The Morgan fingerprint density at radius 1 is 0.750 bits per heavy atom. The number of thiol groups is 1. The first kappa shape index (κ1) is 41.6. The summed E-state index contributed by atoms with van der Waals surface area (Å²) in [6.07, 6.45) is -0.772.